The molecular formula is C25H23ClFN3O4S. The highest BCUT2D eigenvalue weighted by Gasteiger charge is 2.62. The molecule has 3 fully saturated rings. The Morgan fingerprint density at radius 3 is 2.31 bits per heavy atom. The molecule has 3 aliphatic rings. The fraction of sp³-hybridized carbons (Fsp3) is 0.400. The molecular weight excluding hydrogens is 493 g/mol. The Balaban J connectivity index is 1.41. The number of rotatable bonds is 6. The maximum absolute atomic E-state index is 13.8. The van der Waals surface area contributed by atoms with Crippen LogP contribution in [-0.2, 0) is 24.8 Å². The lowest BCUT2D eigenvalue weighted by Gasteiger charge is -2.31. The maximum atomic E-state index is 13.8. The van der Waals surface area contributed by atoms with Gasteiger partial charge in [-0.25, -0.2) is 12.8 Å². The quantitative estimate of drug-likeness (QED) is 0.592. The van der Waals surface area contributed by atoms with E-state index in [1.807, 2.05) is 0 Å². The number of benzene rings is 2. The second-order valence-corrected chi connectivity index (χ2v) is 12.1. The highest BCUT2D eigenvalue weighted by Crippen LogP contribution is 2.53. The number of hydrogen-bond acceptors (Lipinski definition) is 6. The van der Waals surface area contributed by atoms with Crippen LogP contribution in [0.25, 0.3) is 0 Å². The fourth-order valence-electron chi connectivity index (χ4n) is 4.88. The molecule has 1 N–H and O–H groups in total. The number of amides is 2. The second kappa shape index (κ2) is 8.40. The molecule has 35 heavy (non-hydrogen) atoms. The van der Waals surface area contributed by atoms with E-state index < -0.39 is 49.7 Å². The van der Waals surface area contributed by atoms with Crippen molar-refractivity contribution in [2.24, 2.45) is 0 Å². The molecule has 0 aromatic heterocycles. The van der Waals surface area contributed by atoms with Crippen LogP contribution in [0, 0.1) is 17.1 Å². The molecule has 2 aromatic rings. The third-order valence-electron chi connectivity index (χ3n) is 7.31. The molecule has 1 aliphatic heterocycles. The van der Waals surface area contributed by atoms with Gasteiger partial charge < -0.3 is 5.32 Å². The van der Waals surface area contributed by atoms with Crippen LogP contribution >= 0.6 is 11.6 Å². The van der Waals surface area contributed by atoms with Crippen LogP contribution < -0.4 is 5.32 Å². The lowest BCUT2D eigenvalue weighted by molar-refractivity contribution is -0.150. The van der Waals surface area contributed by atoms with E-state index in [4.69, 9.17) is 11.6 Å². The van der Waals surface area contributed by atoms with Gasteiger partial charge in [-0.2, -0.15) is 5.26 Å². The van der Waals surface area contributed by atoms with E-state index in [2.05, 4.69) is 11.4 Å². The summed E-state index contributed by atoms with van der Waals surface area (Å²) in [5.41, 5.74) is -1.60. The first-order valence-corrected chi connectivity index (χ1v) is 13.3. The maximum Gasteiger partial charge on any atom is 0.247 e. The first kappa shape index (κ1) is 23.9. The molecule has 0 spiro atoms. The summed E-state index contributed by atoms with van der Waals surface area (Å²) < 4.78 is 39.8. The number of nitriles is 1. The average Bonchev–Trinajstić information content (AvgIpc) is 3.76. The zero-order chi connectivity index (χ0) is 25.0. The van der Waals surface area contributed by atoms with Crippen molar-refractivity contribution in [3.8, 4) is 6.07 Å². The smallest absolute Gasteiger partial charge is 0.247 e. The average molecular weight is 516 g/mol. The summed E-state index contributed by atoms with van der Waals surface area (Å²) in [5.74, 6) is -1.51. The van der Waals surface area contributed by atoms with Gasteiger partial charge in [0.25, 0.3) is 0 Å². The van der Waals surface area contributed by atoms with Crippen molar-refractivity contribution in [3.05, 3.63) is 64.9 Å². The number of sulfone groups is 1. The van der Waals surface area contributed by atoms with Gasteiger partial charge >= 0.3 is 0 Å². The summed E-state index contributed by atoms with van der Waals surface area (Å²) in [7, 11) is -3.82. The van der Waals surface area contributed by atoms with E-state index in [-0.39, 0.29) is 22.9 Å². The molecule has 1 heterocycles. The Labute approximate surface area is 207 Å². The molecule has 2 aliphatic carbocycles. The van der Waals surface area contributed by atoms with Crippen LogP contribution in [0.3, 0.4) is 0 Å². The van der Waals surface area contributed by atoms with E-state index in [1.165, 1.54) is 36.4 Å². The number of imide groups is 1. The van der Waals surface area contributed by atoms with Crippen molar-refractivity contribution < 1.29 is 22.4 Å². The lowest BCUT2D eigenvalue weighted by atomic mass is 9.92. The van der Waals surface area contributed by atoms with Gasteiger partial charge in [-0.15, -0.1) is 0 Å². The van der Waals surface area contributed by atoms with Gasteiger partial charge in [0.05, 0.1) is 32.7 Å². The Hall–Kier alpha value is -2.80. The van der Waals surface area contributed by atoms with E-state index >= 15 is 0 Å². The predicted octanol–water partition coefficient (Wildman–Crippen LogP) is 3.13. The number of hydrogen-bond donors (Lipinski definition) is 1. The highest BCUT2D eigenvalue weighted by atomic mass is 35.5. The van der Waals surface area contributed by atoms with Crippen molar-refractivity contribution >= 4 is 33.3 Å². The number of carbonyl (C=O) groups excluding carboxylic acids is 2. The van der Waals surface area contributed by atoms with Gasteiger partial charge in [-0.1, -0.05) is 35.9 Å². The van der Waals surface area contributed by atoms with Gasteiger partial charge in [0, 0.05) is 6.54 Å². The molecule has 7 nitrogen and oxygen atoms in total. The monoisotopic (exact) mass is 515 g/mol. The van der Waals surface area contributed by atoms with E-state index in [0.717, 1.165) is 4.90 Å². The summed E-state index contributed by atoms with van der Waals surface area (Å²) in [6, 6.07) is 13.0. The molecule has 2 amide bonds. The Morgan fingerprint density at radius 1 is 1.09 bits per heavy atom. The minimum atomic E-state index is -3.82. The Bertz CT molecular complexity index is 1350. The molecule has 0 radical (unpaired) electrons. The van der Waals surface area contributed by atoms with Crippen LogP contribution in [0.5, 0.6) is 0 Å². The van der Waals surface area contributed by atoms with Crippen LogP contribution in [0.2, 0.25) is 5.02 Å². The largest absolute Gasteiger partial charge is 0.304 e. The Kier molecular flexibility index (Phi) is 5.74. The molecule has 0 unspecified atom stereocenters. The van der Waals surface area contributed by atoms with Crippen LogP contribution in [0.1, 0.15) is 37.7 Å². The molecule has 2 aromatic carbocycles. The molecule has 0 bridgehead atoms. The number of nitrogens with one attached hydrogen (secondary N) is 1. The molecule has 182 valence electrons. The van der Waals surface area contributed by atoms with Gasteiger partial charge in [0.2, 0.25) is 11.8 Å². The van der Waals surface area contributed by atoms with Crippen molar-refractivity contribution in [1.29, 1.82) is 5.26 Å². The number of halogens is 2. The van der Waals surface area contributed by atoms with Crippen LogP contribution in [0.4, 0.5) is 4.39 Å². The molecule has 2 atom stereocenters. The van der Waals surface area contributed by atoms with Crippen molar-refractivity contribution in [2.45, 2.75) is 59.2 Å². The lowest BCUT2D eigenvalue weighted by Crippen LogP contribution is -2.55. The van der Waals surface area contributed by atoms with Gasteiger partial charge in [0.15, 0.2) is 9.84 Å². The Morgan fingerprint density at radius 2 is 1.74 bits per heavy atom. The predicted molar refractivity (Wildman–Crippen MR) is 126 cm³/mol. The van der Waals surface area contributed by atoms with Crippen molar-refractivity contribution in [2.75, 3.05) is 6.54 Å². The fourth-order valence-corrected chi connectivity index (χ4v) is 7.07. The summed E-state index contributed by atoms with van der Waals surface area (Å²) in [6.45, 7) is 0.0225. The van der Waals surface area contributed by atoms with Crippen LogP contribution in [-0.4, -0.2) is 48.5 Å². The summed E-state index contributed by atoms with van der Waals surface area (Å²) in [4.78, 5) is 28.5. The summed E-state index contributed by atoms with van der Waals surface area (Å²) >= 11 is 6.11. The van der Waals surface area contributed by atoms with Crippen LogP contribution in [0.15, 0.2) is 53.4 Å². The first-order chi connectivity index (χ1) is 16.6. The van der Waals surface area contributed by atoms with Gasteiger partial charge in [0.1, 0.15) is 11.4 Å². The summed E-state index contributed by atoms with van der Waals surface area (Å²) in [6.07, 6.45) is 1.68. The van der Waals surface area contributed by atoms with E-state index in [9.17, 15) is 27.7 Å². The highest BCUT2D eigenvalue weighted by molar-refractivity contribution is 7.92. The van der Waals surface area contributed by atoms with Crippen molar-refractivity contribution in [1.82, 2.24) is 10.2 Å². The third kappa shape index (κ3) is 3.94. The zero-order valence-corrected chi connectivity index (χ0v) is 20.3. The zero-order valence-electron chi connectivity index (χ0n) is 18.7. The minimum Gasteiger partial charge on any atom is -0.304 e. The first-order valence-electron chi connectivity index (χ1n) is 11.4. The number of nitrogens with zero attached hydrogens (tertiary/aromatic N) is 2. The van der Waals surface area contributed by atoms with Crippen molar-refractivity contribution in [3.63, 3.8) is 0 Å². The summed E-state index contributed by atoms with van der Waals surface area (Å²) in [5, 5.41) is 12.0. The van der Waals surface area contributed by atoms with Gasteiger partial charge in [-0.3, -0.25) is 14.5 Å². The van der Waals surface area contributed by atoms with E-state index in [0.29, 0.717) is 31.2 Å². The molecule has 5 rings (SSSR count). The topological polar surface area (TPSA) is 107 Å². The minimum absolute atomic E-state index is 0.00145. The molecule has 1 saturated heterocycles. The van der Waals surface area contributed by atoms with Gasteiger partial charge in [-0.05, 0) is 61.9 Å². The second-order valence-electron chi connectivity index (χ2n) is 9.51. The van der Waals surface area contributed by atoms with E-state index in [1.54, 1.807) is 12.1 Å². The molecule has 2 saturated carbocycles. The standard InChI is InChI=1S/C25H23ClFN3O4S/c26-19-3-1-2-4-21(19)35(33,34)18-13-20(29-14-18)22(31)30(24(15-28)9-10-24)23(32)25(11-12-25)16-5-7-17(27)8-6-16/h1-8,18,20,29H,9-14H2/t18-,20+/m1/s1. The molecule has 10 heteroatoms. The SMILES string of the molecule is N#CC1(N(C(=O)[C@@H]2C[C@@H](S(=O)(=O)c3ccccc3Cl)CN2)C(=O)C2(c3ccc(F)cc3)CC2)CC1. The third-order valence-corrected chi connectivity index (χ3v) is 9.96. The number of carbonyl (C=O) groups is 2. The normalized spacial score (nSPS) is 23.8.